The van der Waals surface area contributed by atoms with E-state index in [9.17, 15) is 0 Å². The highest BCUT2D eigenvalue weighted by atomic mass is 79.9. The first-order chi connectivity index (χ1) is 9.20. The fourth-order valence-electron chi connectivity index (χ4n) is 2.64. The number of rotatable bonds is 5. The van der Waals surface area contributed by atoms with Crippen LogP contribution in [0, 0.1) is 5.92 Å². The zero-order chi connectivity index (χ0) is 13.7. The molecule has 1 aromatic rings. The minimum absolute atomic E-state index is 0.383. The van der Waals surface area contributed by atoms with Crippen LogP contribution in [0.5, 0.6) is 0 Å². The third kappa shape index (κ3) is 4.55. The highest BCUT2D eigenvalue weighted by Gasteiger charge is 2.25. The Morgan fingerprint density at radius 1 is 1.32 bits per heavy atom. The molecule has 0 aliphatic carbocycles. The second-order valence-electron chi connectivity index (χ2n) is 5.11. The molecule has 1 aromatic carbocycles. The topological polar surface area (TPSA) is 21.3 Å². The Bertz CT molecular complexity index is 385. The summed E-state index contributed by atoms with van der Waals surface area (Å²) >= 11 is 7.17. The van der Waals surface area contributed by atoms with Crippen molar-refractivity contribution in [1.82, 2.24) is 5.32 Å². The molecule has 1 fully saturated rings. The van der Waals surface area contributed by atoms with E-state index in [1.54, 1.807) is 0 Å². The van der Waals surface area contributed by atoms with Crippen LogP contribution in [0.3, 0.4) is 0 Å². The number of halogens is 2. The lowest BCUT2D eigenvalue weighted by molar-refractivity contribution is 0.0390. The maximum absolute atomic E-state index is 5.66. The molecule has 1 N–H and O–H groups in total. The molecule has 0 aromatic heterocycles. The van der Waals surface area contributed by atoms with E-state index in [2.05, 4.69) is 62.3 Å². The Kier molecular flexibility index (Phi) is 6.33. The smallest absolute Gasteiger partial charge is 0.0512 e. The Labute approximate surface area is 132 Å². The molecule has 19 heavy (non-hydrogen) atoms. The van der Waals surface area contributed by atoms with Crippen molar-refractivity contribution in [2.75, 3.05) is 19.8 Å². The Morgan fingerprint density at radius 2 is 2.05 bits per heavy atom. The van der Waals surface area contributed by atoms with Gasteiger partial charge in [-0.2, -0.15) is 0 Å². The van der Waals surface area contributed by atoms with Gasteiger partial charge in [0.15, 0.2) is 0 Å². The molecular formula is C15H21Br2NO. The quantitative estimate of drug-likeness (QED) is 0.787. The summed E-state index contributed by atoms with van der Waals surface area (Å²) in [4.78, 5) is 0. The molecule has 0 saturated carbocycles. The summed E-state index contributed by atoms with van der Waals surface area (Å²) in [6.07, 6.45) is 3.56. The largest absolute Gasteiger partial charge is 0.381 e. The highest BCUT2D eigenvalue weighted by molar-refractivity contribution is 9.11. The van der Waals surface area contributed by atoms with E-state index in [0.29, 0.717) is 12.0 Å². The maximum Gasteiger partial charge on any atom is 0.0512 e. The Balaban J connectivity index is 2.19. The van der Waals surface area contributed by atoms with Crippen LogP contribution >= 0.6 is 31.9 Å². The van der Waals surface area contributed by atoms with Gasteiger partial charge in [0.25, 0.3) is 0 Å². The van der Waals surface area contributed by atoms with Crippen molar-refractivity contribution in [3.8, 4) is 0 Å². The van der Waals surface area contributed by atoms with Crippen LogP contribution in [0.4, 0.5) is 0 Å². The molecule has 1 aliphatic rings. The van der Waals surface area contributed by atoms with Crippen LogP contribution in [-0.4, -0.2) is 19.8 Å². The summed E-state index contributed by atoms with van der Waals surface area (Å²) in [5.74, 6) is 0.571. The van der Waals surface area contributed by atoms with E-state index in [1.165, 1.54) is 18.4 Å². The zero-order valence-corrected chi connectivity index (χ0v) is 14.5. The molecule has 1 saturated heterocycles. The van der Waals surface area contributed by atoms with Crippen LogP contribution in [0.2, 0.25) is 0 Å². The van der Waals surface area contributed by atoms with Crippen LogP contribution in [-0.2, 0) is 4.74 Å². The molecule has 0 radical (unpaired) electrons. The molecule has 2 nitrogen and oxygen atoms in total. The molecule has 2 unspecified atom stereocenters. The second-order valence-corrected chi connectivity index (χ2v) is 6.94. The van der Waals surface area contributed by atoms with Crippen molar-refractivity contribution in [2.45, 2.75) is 32.2 Å². The SMILES string of the molecule is CCCNC(c1cc(Br)cc(Br)c1)C1CCCOC1. The fourth-order valence-corrected chi connectivity index (χ4v) is 3.97. The van der Waals surface area contributed by atoms with Crippen LogP contribution in [0.25, 0.3) is 0 Å². The van der Waals surface area contributed by atoms with E-state index in [0.717, 1.165) is 35.1 Å². The molecule has 106 valence electrons. The van der Waals surface area contributed by atoms with Crippen molar-refractivity contribution in [3.05, 3.63) is 32.7 Å². The van der Waals surface area contributed by atoms with Crippen molar-refractivity contribution < 1.29 is 4.74 Å². The first-order valence-corrected chi connectivity index (χ1v) is 8.56. The zero-order valence-electron chi connectivity index (χ0n) is 11.3. The average Bonchev–Trinajstić information content (AvgIpc) is 2.39. The molecule has 4 heteroatoms. The molecule has 0 spiro atoms. The van der Waals surface area contributed by atoms with Gasteiger partial charge in [-0.25, -0.2) is 0 Å². The van der Waals surface area contributed by atoms with Crippen LogP contribution in [0.1, 0.15) is 37.8 Å². The molecule has 2 atom stereocenters. The monoisotopic (exact) mass is 389 g/mol. The molecule has 1 aliphatic heterocycles. The van der Waals surface area contributed by atoms with Gasteiger partial charge in [-0.3, -0.25) is 0 Å². The van der Waals surface area contributed by atoms with Gasteiger partial charge >= 0.3 is 0 Å². The van der Waals surface area contributed by atoms with Gasteiger partial charge in [0, 0.05) is 27.5 Å². The van der Waals surface area contributed by atoms with Crippen molar-refractivity contribution in [3.63, 3.8) is 0 Å². The average molecular weight is 391 g/mol. The van der Waals surface area contributed by atoms with Gasteiger partial charge in [-0.15, -0.1) is 0 Å². The second kappa shape index (κ2) is 7.77. The molecule has 0 bridgehead atoms. The molecule has 2 rings (SSSR count). The standard InChI is InChI=1S/C15H21Br2NO/c1-2-5-18-15(11-4-3-6-19-10-11)12-7-13(16)9-14(17)8-12/h7-9,11,15,18H,2-6,10H2,1H3. The fraction of sp³-hybridized carbons (Fsp3) is 0.600. The van der Waals surface area contributed by atoms with Gasteiger partial charge < -0.3 is 10.1 Å². The number of nitrogens with one attached hydrogen (secondary N) is 1. The predicted octanol–water partition coefficient (Wildman–Crippen LogP) is 4.68. The van der Waals surface area contributed by atoms with Gasteiger partial charge in [0.2, 0.25) is 0 Å². The summed E-state index contributed by atoms with van der Waals surface area (Å²) in [5, 5.41) is 3.69. The van der Waals surface area contributed by atoms with Crippen molar-refractivity contribution >= 4 is 31.9 Å². The van der Waals surface area contributed by atoms with Gasteiger partial charge in [0.1, 0.15) is 0 Å². The summed E-state index contributed by atoms with van der Waals surface area (Å²) in [6.45, 7) is 5.04. The Hall–Kier alpha value is 0.1000. The van der Waals surface area contributed by atoms with Crippen molar-refractivity contribution in [1.29, 1.82) is 0 Å². The van der Waals surface area contributed by atoms with Crippen LogP contribution in [0.15, 0.2) is 27.1 Å². The first-order valence-electron chi connectivity index (χ1n) is 6.98. The third-order valence-corrected chi connectivity index (χ3v) is 4.44. The van der Waals surface area contributed by atoms with Gasteiger partial charge in [0.05, 0.1) is 6.61 Å². The molecule has 0 amide bonds. The summed E-state index contributed by atoms with van der Waals surface area (Å²) in [7, 11) is 0. The minimum atomic E-state index is 0.383. The van der Waals surface area contributed by atoms with E-state index in [4.69, 9.17) is 4.74 Å². The van der Waals surface area contributed by atoms with E-state index >= 15 is 0 Å². The van der Waals surface area contributed by atoms with Crippen molar-refractivity contribution in [2.24, 2.45) is 5.92 Å². The summed E-state index contributed by atoms with van der Waals surface area (Å²) in [6, 6.07) is 6.89. The highest BCUT2D eigenvalue weighted by Crippen LogP contribution is 2.32. The normalized spacial score (nSPS) is 21.3. The summed E-state index contributed by atoms with van der Waals surface area (Å²) in [5.41, 5.74) is 1.34. The summed E-state index contributed by atoms with van der Waals surface area (Å²) < 4.78 is 7.91. The van der Waals surface area contributed by atoms with Crippen LogP contribution < -0.4 is 5.32 Å². The molecular weight excluding hydrogens is 370 g/mol. The lowest BCUT2D eigenvalue weighted by Gasteiger charge is -2.31. The lowest BCUT2D eigenvalue weighted by Crippen LogP contribution is -2.33. The number of ether oxygens (including phenoxy) is 1. The van der Waals surface area contributed by atoms with E-state index in [-0.39, 0.29) is 0 Å². The number of benzene rings is 1. The third-order valence-electron chi connectivity index (χ3n) is 3.53. The first kappa shape index (κ1) is 15.5. The lowest BCUT2D eigenvalue weighted by atomic mass is 9.88. The number of hydrogen-bond acceptors (Lipinski definition) is 2. The number of hydrogen-bond donors (Lipinski definition) is 1. The minimum Gasteiger partial charge on any atom is -0.381 e. The van der Waals surface area contributed by atoms with Gasteiger partial charge in [-0.05, 0) is 49.6 Å². The van der Waals surface area contributed by atoms with E-state index in [1.807, 2.05) is 0 Å². The van der Waals surface area contributed by atoms with E-state index < -0.39 is 0 Å². The maximum atomic E-state index is 5.66. The molecule has 1 heterocycles. The predicted molar refractivity (Wildman–Crippen MR) is 86.4 cm³/mol. The Morgan fingerprint density at radius 3 is 2.63 bits per heavy atom. The van der Waals surface area contributed by atoms with Gasteiger partial charge in [-0.1, -0.05) is 38.8 Å².